The van der Waals surface area contributed by atoms with Gasteiger partial charge in [-0.05, 0) is 29.7 Å². The van der Waals surface area contributed by atoms with Gasteiger partial charge in [0.25, 0.3) is 11.8 Å². The number of hydrogen-bond donors (Lipinski definition) is 2. The Bertz CT molecular complexity index is 1140. The number of rotatable bonds is 7. The number of ether oxygens (including phenoxy) is 2. The number of primary amides is 1. The summed E-state index contributed by atoms with van der Waals surface area (Å²) in [5, 5.41) is 3.35. The fourth-order valence-corrected chi connectivity index (χ4v) is 5.31. The van der Waals surface area contributed by atoms with Crippen LogP contribution in [0.3, 0.4) is 0 Å². The van der Waals surface area contributed by atoms with E-state index in [4.69, 9.17) is 15.2 Å². The maximum absolute atomic E-state index is 13.1. The Morgan fingerprint density at radius 3 is 2.56 bits per heavy atom. The van der Waals surface area contributed by atoms with E-state index in [1.165, 1.54) is 31.1 Å². The number of methoxy groups -OCH3 is 2. The summed E-state index contributed by atoms with van der Waals surface area (Å²) in [5.41, 5.74) is 8.60. The zero-order valence-corrected chi connectivity index (χ0v) is 18.8. The van der Waals surface area contributed by atoms with E-state index in [1.54, 1.807) is 18.2 Å². The SMILES string of the molecule is COc1cccc(C(=O)Nc2sc3c(c2C(N)=O)CCN(Cc2ccccc2)C3)c1OC. The van der Waals surface area contributed by atoms with Crippen LogP contribution >= 0.6 is 11.3 Å². The van der Waals surface area contributed by atoms with Gasteiger partial charge in [-0.2, -0.15) is 0 Å². The first-order chi connectivity index (χ1) is 15.5. The highest BCUT2D eigenvalue weighted by molar-refractivity contribution is 7.17. The Morgan fingerprint density at radius 1 is 1.09 bits per heavy atom. The van der Waals surface area contributed by atoms with Crippen molar-refractivity contribution < 1.29 is 19.1 Å². The van der Waals surface area contributed by atoms with Crippen LogP contribution in [0.1, 0.15) is 36.7 Å². The minimum Gasteiger partial charge on any atom is -0.493 e. The Balaban J connectivity index is 1.60. The van der Waals surface area contributed by atoms with E-state index in [2.05, 4.69) is 22.3 Å². The van der Waals surface area contributed by atoms with Gasteiger partial charge in [0, 0.05) is 24.5 Å². The van der Waals surface area contributed by atoms with E-state index in [0.717, 1.165) is 23.5 Å². The van der Waals surface area contributed by atoms with E-state index in [-0.39, 0.29) is 5.91 Å². The number of para-hydroxylation sites is 1. The number of anilines is 1. The first kappa shape index (κ1) is 21.9. The lowest BCUT2D eigenvalue weighted by molar-refractivity contribution is 0.0999. The van der Waals surface area contributed by atoms with Gasteiger partial charge in [-0.15, -0.1) is 11.3 Å². The fraction of sp³-hybridized carbons (Fsp3) is 0.250. The molecule has 32 heavy (non-hydrogen) atoms. The highest BCUT2D eigenvalue weighted by Gasteiger charge is 2.28. The number of hydrogen-bond acceptors (Lipinski definition) is 6. The van der Waals surface area contributed by atoms with Gasteiger partial charge in [0.2, 0.25) is 0 Å². The lowest BCUT2D eigenvalue weighted by Gasteiger charge is -2.27. The van der Waals surface area contributed by atoms with Crippen molar-refractivity contribution in [3.05, 3.63) is 75.7 Å². The Labute approximate surface area is 190 Å². The average Bonchev–Trinajstić information content (AvgIpc) is 3.16. The summed E-state index contributed by atoms with van der Waals surface area (Å²) in [6, 6.07) is 15.3. The van der Waals surface area contributed by atoms with Gasteiger partial charge in [-0.3, -0.25) is 14.5 Å². The molecule has 2 heterocycles. The monoisotopic (exact) mass is 451 g/mol. The Morgan fingerprint density at radius 2 is 1.88 bits per heavy atom. The molecule has 4 rings (SSSR count). The van der Waals surface area contributed by atoms with E-state index in [0.29, 0.717) is 40.6 Å². The molecule has 0 saturated carbocycles. The molecule has 1 aromatic heterocycles. The van der Waals surface area contributed by atoms with Gasteiger partial charge in [0.15, 0.2) is 11.5 Å². The number of fused-ring (bicyclic) bond motifs is 1. The molecule has 1 aliphatic rings. The largest absolute Gasteiger partial charge is 0.493 e. The number of nitrogens with two attached hydrogens (primary N) is 1. The normalized spacial score (nSPS) is 13.3. The van der Waals surface area contributed by atoms with Gasteiger partial charge in [0.1, 0.15) is 5.00 Å². The van der Waals surface area contributed by atoms with Crippen molar-refractivity contribution in [1.29, 1.82) is 0 Å². The maximum Gasteiger partial charge on any atom is 0.260 e. The highest BCUT2D eigenvalue weighted by Crippen LogP contribution is 2.38. The molecule has 0 aliphatic carbocycles. The van der Waals surface area contributed by atoms with Crippen LogP contribution in [0.2, 0.25) is 0 Å². The summed E-state index contributed by atoms with van der Waals surface area (Å²) in [5.74, 6) is -0.129. The molecule has 7 nitrogen and oxygen atoms in total. The molecule has 0 radical (unpaired) electrons. The lowest BCUT2D eigenvalue weighted by atomic mass is 10.0. The van der Waals surface area contributed by atoms with Crippen LogP contribution in [0.5, 0.6) is 11.5 Å². The van der Waals surface area contributed by atoms with Crippen molar-refractivity contribution in [2.24, 2.45) is 5.73 Å². The van der Waals surface area contributed by atoms with Gasteiger partial charge in [0.05, 0.1) is 25.3 Å². The second kappa shape index (κ2) is 9.42. The molecule has 3 N–H and O–H groups in total. The summed E-state index contributed by atoms with van der Waals surface area (Å²) in [7, 11) is 2.99. The number of amides is 2. The van der Waals surface area contributed by atoms with Gasteiger partial charge in [-0.25, -0.2) is 0 Å². The fourth-order valence-electron chi connectivity index (χ4n) is 4.02. The number of thiophene rings is 1. The van der Waals surface area contributed by atoms with E-state index in [9.17, 15) is 9.59 Å². The standard InChI is InChI=1S/C24H25N3O4S/c1-30-18-10-6-9-17(21(18)31-2)23(29)26-24-20(22(25)28)16-11-12-27(14-19(16)32-24)13-15-7-4-3-5-8-15/h3-10H,11-14H2,1-2H3,(H2,25,28)(H,26,29). The summed E-state index contributed by atoms with van der Waals surface area (Å²) in [6.45, 7) is 2.34. The zero-order chi connectivity index (χ0) is 22.7. The number of nitrogens with one attached hydrogen (secondary N) is 1. The zero-order valence-electron chi connectivity index (χ0n) is 18.0. The molecule has 166 valence electrons. The molecule has 0 saturated heterocycles. The summed E-state index contributed by atoms with van der Waals surface area (Å²) < 4.78 is 10.7. The topological polar surface area (TPSA) is 93.9 Å². The molecule has 8 heteroatoms. The predicted molar refractivity (Wildman–Crippen MR) is 125 cm³/mol. The highest BCUT2D eigenvalue weighted by atomic mass is 32.1. The molecule has 2 aromatic carbocycles. The van der Waals surface area contributed by atoms with Gasteiger partial charge < -0.3 is 20.5 Å². The van der Waals surface area contributed by atoms with Crippen LogP contribution in [0.25, 0.3) is 0 Å². The average molecular weight is 452 g/mol. The molecule has 0 atom stereocenters. The van der Waals surface area contributed by atoms with E-state index in [1.807, 2.05) is 18.2 Å². The molecule has 0 spiro atoms. The third kappa shape index (κ3) is 4.32. The first-order valence-electron chi connectivity index (χ1n) is 10.2. The van der Waals surface area contributed by atoms with Crippen molar-refractivity contribution in [2.75, 3.05) is 26.1 Å². The van der Waals surface area contributed by atoms with Crippen LogP contribution in [0.15, 0.2) is 48.5 Å². The van der Waals surface area contributed by atoms with Crippen LogP contribution in [-0.4, -0.2) is 37.5 Å². The second-order valence-corrected chi connectivity index (χ2v) is 8.62. The van der Waals surface area contributed by atoms with Crippen molar-refractivity contribution >= 4 is 28.2 Å². The van der Waals surface area contributed by atoms with Crippen LogP contribution in [0, 0.1) is 0 Å². The number of benzene rings is 2. The third-order valence-corrected chi connectivity index (χ3v) is 6.64. The molecule has 3 aromatic rings. The second-order valence-electron chi connectivity index (χ2n) is 7.51. The molecular formula is C24H25N3O4S. The molecule has 1 aliphatic heterocycles. The number of carbonyl (C=O) groups is 2. The quantitative estimate of drug-likeness (QED) is 0.572. The van der Waals surface area contributed by atoms with Crippen molar-refractivity contribution in [3.8, 4) is 11.5 Å². The smallest absolute Gasteiger partial charge is 0.260 e. The van der Waals surface area contributed by atoms with Crippen LogP contribution in [-0.2, 0) is 19.5 Å². The number of carbonyl (C=O) groups excluding carboxylic acids is 2. The molecule has 2 amide bonds. The van der Waals surface area contributed by atoms with Crippen LogP contribution < -0.4 is 20.5 Å². The van der Waals surface area contributed by atoms with Crippen molar-refractivity contribution in [1.82, 2.24) is 4.90 Å². The molecule has 0 unspecified atom stereocenters. The Hall–Kier alpha value is -3.36. The van der Waals surface area contributed by atoms with Crippen molar-refractivity contribution in [2.45, 2.75) is 19.5 Å². The lowest BCUT2D eigenvalue weighted by Crippen LogP contribution is -2.30. The first-order valence-corrected chi connectivity index (χ1v) is 11.1. The predicted octanol–water partition coefficient (Wildman–Crippen LogP) is 3.67. The van der Waals surface area contributed by atoms with E-state index >= 15 is 0 Å². The van der Waals surface area contributed by atoms with Gasteiger partial charge >= 0.3 is 0 Å². The van der Waals surface area contributed by atoms with Crippen LogP contribution in [0.4, 0.5) is 5.00 Å². The van der Waals surface area contributed by atoms with Gasteiger partial charge in [-0.1, -0.05) is 36.4 Å². The Kier molecular flexibility index (Phi) is 6.43. The minimum atomic E-state index is -0.535. The summed E-state index contributed by atoms with van der Waals surface area (Å²) >= 11 is 1.40. The maximum atomic E-state index is 13.1. The number of nitrogens with zero attached hydrogens (tertiary/aromatic N) is 1. The molecule has 0 bridgehead atoms. The van der Waals surface area contributed by atoms with Crippen molar-refractivity contribution in [3.63, 3.8) is 0 Å². The molecule has 0 fully saturated rings. The summed E-state index contributed by atoms with van der Waals surface area (Å²) in [6.07, 6.45) is 0.704. The summed E-state index contributed by atoms with van der Waals surface area (Å²) in [4.78, 5) is 28.7. The minimum absolute atomic E-state index is 0.319. The molecular weight excluding hydrogens is 426 g/mol. The third-order valence-electron chi connectivity index (χ3n) is 5.51. The van der Waals surface area contributed by atoms with E-state index < -0.39 is 5.91 Å².